The molecule has 0 amide bonds. The largest absolute Gasteiger partial charge is 0.463 e. The Morgan fingerprint density at radius 1 is 1.26 bits per heavy atom. The summed E-state index contributed by atoms with van der Waals surface area (Å²) in [6.45, 7) is 5.08. The number of esters is 2. The van der Waals surface area contributed by atoms with Crippen LogP contribution in [0.3, 0.4) is 0 Å². The summed E-state index contributed by atoms with van der Waals surface area (Å²) < 4.78 is 10.0. The average Bonchev–Trinajstić information content (AvgIpc) is 2.82. The Kier molecular flexibility index (Phi) is 4.52. The molecule has 0 radical (unpaired) electrons. The zero-order chi connectivity index (χ0) is 13.8. The number of fused-ring (bicyclic) bond motifs is 1. The minimum atomic E-state index is -0.336. The van der Waals surface area contributed by atoms with Gasteiger partial charge < -0.3 is 14.4 Å². The lowest BCUT2D eigenvalue weighted by atomic mass is 10.1. The first-order chi connectivity index (χ1) is 9.17. The van der Waals surface area contributed by atoms with Gasteiger partial charge in [0.15, 0.2) is 0 Å². The molecular weight excluding hydrogens is 266 g/mol. The fourth-order valence-corrected chi connectivity index (χ4v) is 3.13. The van der Waals surface area contributed by atoms with Crippen LogP contribution in [0, 0.1) is 0 Å². The Balaban J connectivity index is 2.18. The van der Waals surface area contributed by atoms with Gasteiger partial charge in [-0.3, -0.25) is 0 Å². The molecule has 19 heavy (non-hydrogen) atoms. The molecule has 2 heterocycles. The molecule has 5 nitrogen and oxygen atoms in total. The van der Waals surface area contributed by atoms with Crippen molar-refractivity contribution in [3.63, 3.8) is 0 Å². The van der Waals surface area contributed by atoms with Crippen LogP contribution in [0.25, 0.3) is 0 Å². The Morgan fingerprint density at radius 3 is 2.63 bits per heavy atom. The summed E-state index contributed by atoms with van der Waals surface area (Å²) in [5.74, 6) is -0.620. The summed E-state index contributed by atoms with van der Waals surface area (Å²) >= 11 is 1.30. The molecule has 0 saturated carbocycles. The van der Waals surface area contributed by atoms with E-state index in [2.05, 4.69) is 0 Å². The van der Waals surface area contributed by atoms with Gasteiger partial charge in [-0.25, -0.2) is 9.59 Å². The van der Waals surface area contributed by atoms with E-state index < -0.39 is 0 Å². The number of rotatable bonds is 4. The molecule has 0 N–H and O–H groups in total. The molecule has 0 aromatic rings. The number of carbonyl (C=O) groups is 2. The Labute approximate surface area is 116 Å². The molecule has 2 rings (SSSR count). The molecule has 0 aromatic carbocycles. The average molecular weight is 283 g/mol. The van der Waals surface area contributed by atoms with Crippen LogP contribution >= 0.6 is 11.8 Å². The van der Waals surface area contributed by atoms with Gasteiger partial charge in [-0.15, -0.1) is 0 Å². The maximum Gasteiger partial charge on any atom is 0.346 e. The van der Waals surface area contributed by atoms with E-state index in [4.69, 9.17) is 9.47 Å². The van der Waals surface area contributed by atoms with Crippen LogP contribution < -0.4 is 0 Å². The molecular formula is C13H17NO4S. The monoisotopic (exact) mass is 283 g/mol. The lowest BCUT2D eigenvalue weighted by Gasteiger charge is -2.25. The first-order valence-corrected chi connectivity index (χ1v) is 7.22. The van der Waals surface area contributed by atoms with Crippen molar-refractivity contribution < 1.29 is 19.1 Å². The van der Waals surface area contributed by atoms with Crippen molar-refractivity contribution in [3.8, 4) is 0 Å². The zero-order valence-electron chi connectivity index (χ0n) is 11.1. The predicted molar refractivity (Wildman–Crippen MR) is 71.9 cm³/mol. The predicted octanol–water partition coefficient (Wildman–Crippen LogP) is 2.01. The van der Waals surface area contributed by atoms with Crippen molar-refractivity contribution in [1.82, 2.24) is 4.90 Å². The third kappa shape index (κ3) is 2.94. The van der Waals surface area contributed by atoms with Crippen molar-refractivity contribution in [2.45, 2.75) is 26.7 Å². The minimum absolute atomic E-state index is 0.284. The van der Waals surface area contributed by atoms with E-state index >= 15 is 0 Å². The van der Waals surface area contributed by atoms with E-state index in [1.807, 2.05) is 4.90 Å². The fraction of sp³-hybridized carbons (Fsp3) is 0.538. The quantitative estimate of drug-likeness (QED) is 0.736. The molecule has 0 unspecified atom stereocenters. The van der Waals surface area contributed by atoms with Crippen molar-refractivity contribution in [3.05, 3.63) is 21.7 Å². The summed E-state index contributed by atoms with van der Waals surface area (Å²) in [7, 11) is 0. The van der Waals surface area contributed by atoms with Gasteiger partial charge in [-0.05, 0) is 26.7 Å². The Bertz CT molecular complexity index is 456. The smallest absolute Gasteiger partial charge is 0.346 e. The first kappa shape index (κ1) is 14.0. The molecule has 0 saturated heterocycles. The van der Waals surface area contributed by atoms with Crippen molar-refractivity contribution >= 4 is 23.7 Å². The Hall–Kier alpha value is -1.43. The highest BCUT2D eigenvalue weighted by Crippen LogP contribution is 2.42. The minimum Gasteiger partial charge on any atom is -0.463 e. The van der Waals surface area contributed by atoms with E-state index in [1.165, 1.54) is 11.8 Å². The van der Waals surface area contributed by atoms with Crippen LogP contribution in [0.4, 0.5) is 0 Å². The number of thioether (sulfide) groups is 1. The number of hydrogen-bond donors (Lipinski definition) is 0. The molecule has 0 fully saturated rings. The Morgan fingerprint density at radius 2 is 1.95 bits per heavy atom. The van der Waals surface area contributed by atoms with Gasteiger partial charge in [0, 0.05) is 12.7 Å². The van der Waals surface area contributed by atoms with E-state index in [0.717, 1.165) is 18.0 Å². The highest BCUT2D eigenvalue weighted by atomic mass is 32.2. The third-order valence-electron chi connectivity index (χ3n) is 2.82. The van der Waals surface area contributed by atoms with Crippen LogP contribution in [-0.4, -0.2) is 36.6 Å². The van der Waals surface area contributed by atoms with Gasteiger partial charge in [0.2, 0.25) is 0 Å². The van der Waals surface area contributed by atoms with Gasteiger partial charge in [0.05, 0.1) is 23.8 Å². The SMILES string of the molecule is CCOC(=O)C1=CN2CCCC(C(=O)OCC)=C2S1. The molecule has 104 valence electrons. The summed E-state index contributed by atoms with van der Waals surface area (Å²) in [5, 5.41) is 0.813. The second kappa shape index (κ2) is 6.14. The van der Waals surface area contributed by atoms with Crippen molar-refractivity contribution in [1.29, 1.82) is 0 Å². The highest BCUT2D eigenvalue weighted by Gasteiger charge is 2.32. The van der Waals surface area contributed by atoms with Crippen molar-refractivity contribution in [2.75, 3.05) is 19.8 Å². The van der Waals surface area contributed by atoms with Crippen molar-refractivity contribution in [2.24, 2.45) is 0 Å². The summed E-state index contributed by atoms with van der Waals surface area (Å²) in [5.41, 5.74) is 0.661. The summed E-state index contributed by atoms with van der Waals surface area (Å²) in [4.78, 5) is 26.1. The lowest BCUT2D eigenvalue weighted by Crippen LogP contribution is -2.23. The highest BCUT2D eigenvalue weighted by molar-refractivity contribution is 8.07. The maximum absolute atomic E-state index is 11.9. The van der Waals surface area contributed by atoms with Gasteiger partial charge in [-0.1, -0.05) is 11.8 Å². The van der Waals surface area contributed by atoms with Crippen LogP contribution in [0.1, 0.15) is 26.7 Å². The zero-order valence-corrected chi connectivity index (χ0v) is 11.9. The van der Waals surface area contributed by atoms with Gasteiger partial charge in [0.25, 0.3) is 0 Å². The summed E-state index contributed by atoms with van der Waals surface area (Å²) in [6.07, 6.45) is 3.34. The molecule has 2 aliphatic heterocycles. The standard InChI is InChI=1S/C13H17NO4S/c1-3-17-12(15)9-6-5-7-14-8-10(19-11(9)14)13(16)18-4-2/h8H,3-7H2,1-2H3. The van der Waals surface area contributed by atoms with Crippen LogP contribution in [0.15, 0.2) is 21.7 Å². The van der Waals surface area contributed by atoms with Crippen LogP contribution in [0.2, 0.25) is 0 Å². The molecule has 6 heteroatoms. The van der Waals surface area contributed by atoms with Crippen LogP contribution in [0.5, 0.6) is 0 Å². The topological polar surface area (TPSA) is 55.8 Å². The van der Waals surface area contributed by atoms with E-state index in [0.29, 0.717) is 30.1 Å². The second-order valence-corrected chi connectivity index (χ2v) is 5.15. The van der Waals surface area contributed by atoms with Gasteiger partial charge in [0.1, 0.15) is 4.91 Å². The molecule has 0 atom stereocenters. The number of hydrogen-bond acceptors (Lipinski definition) is 6. The maximum atomic E-state index is 11.9. The number of carbonyl (C=O) groups excluding carboxylic acids is 2. The van der Waals surface area contributed by atoms with Gasteiger partial charge >= 0.3 is 11.9 Å². The van der Waals surface area contributed by atoms with Gasteiger partial charge in [-0.2, -0.15) is 0 Å². The second-order valence-electron chi connectivity index (χ2n) is 4.12. The van der Waals surface area contributed by atoms with E-state index in [9.17, 15) is 9.59 Å². The normalized spacial score (nSPS) is 18.0. The molecule has 0 spiro atoms. The fourth-order valence-electron chi connectivity index (χ4n) is 2.03. The van der Waals surface area contributed by atoms with Crippen LogP contribution in [-0.2, 0) is 19.1 Å². The summed E-state index contributed by atoms with van der Waals surface area (Å²) in [6, 6.07) is 0. The number of ether oxygens (including phenoxy) is 2. The molecule has 0 aliphatic carbocycles. The van der Waals surface area contributed by atoms with E-state index in [-0.39, 0.29) is 11.9 Å². The molecule has 2 aliphatic rings. The molecule has 0 bridgehead atoms. The van der Waals surface area contributed by atoms with E-state index in [1.54, 1.807) is 20.0 Å². The molecule has 0 aromatic heterocycles. The third-order valence-corrected chi connectivity index (χ3v) is 3.99. The first-order valence-electron chi connectivity index (χ1n) is 6.41. The number of nitrogens with zero attached hydrogens (tertiary/aromatic N) is 1. The lowest BCUT2D eigenvalue weighted by molar-refractivity contribution is -0.139.